The number of carbonyl (C=O) groups is 3. The predicted molar refractivity (Wildman–Crippen MR) is 162 cm³/mol. The van der Waals surface area contributed by atoms with E-state index < -0.39 is 18.2 Å². The average Bonchev–Trinajstić information content (AvgIpc) is 3.65. The molecule has 0 bridgehead atoms. The lowest BCUT2D eigenvalue weighted by Gasteiger charge is -2.38. The van der Waals surface area contributed by atoms with Gasteiger partial charge in [0, 0.05) is 53.0 Å². The number of carboxylic acids is 1. The van der Waals surface area contributed by atoms with Gasteiger partial charge in [-0.2, -0.15) is 13.2 Å². The van der Waals surface area contributed by atoms with E-state index in [-0.39, 0.29) is 23.7 Å². The van der Waals surface area contributed by atoms with Crippen LogP contribution in [0.5, 0.6) is 0 Å². The van der Waals surface area contributed by atoms with Gasteiger partial charge in [0.15, 0.2) is 0 Å². The fourth-order valence-electron chi connectivity index (χ4n) is 5.47. The Labute approximate surface area is 257 Å². The highest BCUT2D eigenvalue weighted by atomic mass is 35.5. The molecule has 4 N–H and O–H groups in total. The number of anilines is 1. The van der Waals surface area contributed by atoms with Crippen LogP contribution in [-0.4, -0.2) is 77.2 Å². The first-order valence-corrected chi connectivity index (χ1v) is 14.2. The van der Waals surface area contributed by atoms with Gasteiger partial charge < -0.3 is 30.2 Å². The number of H-pyrrole nitrogens is 2. The molecule has 0 fully saturated rings. The minimum Gasteiger partial charge on any atom is -0.475 e. The Morgan fingerprint density at radius 1 is 1.11 bits per heavy atom. The Hall–Kier alpha value is -4.29. The Kier molecular flexibility index (Phi) is 10.1. The number of benzene rings is 2. The van der Waals surface area contributed by atoms with Crippen LogP contribution in [0.3, 0.4) is 0 Å². The molecule has 3 atom stereocenters. The summed E-state index contributed by atoms with van der Waals surface area (Å²) in [5, 5.41) is 11.9. The molecule has 1 aliphatic rings. The molecule has 1 aliphatic heterocycles. The lowest BCUT2D eigenvalue weighted by Crippen LogP contribution is -2.54. The van der Waals surface area contributed by atoms with Crippen LogP contribution < -0.4 is 10.2 Å². The van der Waals surface area contributed by atoms with Crippen LogP contribution in [0.1, 0.15) is 34.5 Å². The number of para-hydroxylation sites is 1. The molecule has 44 heavy (non-hydrogen) atoms. The third kappa shape index (κ3) is 7.61. The molecule has 2 amide bonds. The van der Waals surface area contributed by atoms with Crippen LogP contribution >= 0.6 is 11.6 Å². The number of aromatic nitrogens is 2. The van der Waals surface area contributed by atoms with E-state index in [4.69, 9.17) is 21.5 Å². The number of nitrogens with zero attached hydrogens (tertiary/aromatic N) is 2. The van der Waals surface area contributed by atoms with E-state index in [9.17, 15) is 22.8 Å². The largest absolute Gasteiger partial charge is 0.490 e. The van der Waals surface area contributed by atoms with Crippen LogP contribution in [0, 0.1) is 5.92 Å². The first kappa shape index (κ1) is 32.6. The lowest BCUT2D eigenvalue weighted by molar-refractivity contribution is -0.192. The second-order valence-electron chi connectivity index (χ2n) is 11.0. The summed E-state index contributed by atoms with van der Waals surface area (Å²) in [4.78, 5) is 46.7. The van der Waals surface area contributed by atoms with Crippen molar-refractivity contribution in [3.8, 4) is 0 Å². The van der Waals surface area contributed by atoms with Crippen molar-refractivity contribution in [3.05, 3.63) is 88.8 Å². The van der Waals surface area contributed by atoms with Gasteiger partial charge in [-0.15, -0.1) is 0 Å². The van der Waals surface area contributed by atoms with Gasteiger partial charge in [-0.05, 0) is 74.0 Å². The average molecular weight is 632 g/mol. The molecule has 0 saturated carbocycles. The fourth-order valence-corrected chi connectivity index (χ4v) is 5.66. The number of carbonyl (C=O) groups excluding carboxylic acids is 2. The van der Waals surface area contributed by atoms with Crippen LogP contribution in [-0.2, 0) is 16.0 Å². The van der Waals surface area contributed by atoms with Gasteiger partial charge in [0.05, 0.1) is 0 Å². The molecular weight excluding hydrogens is 599 g/mol. The van der Waals surface area contributed by atoms with Crippen molar-refractivity contribution < 1.29 is 32.7 Å². The summed E-state index contributed by atoms with van der Waals surface area (Å²) in [5.74, 6) is -3.24. The number of nitrogens with one attached hydrogen (secondary N) is 3. The van der Waals surface area contributed by atoms with Gasteiger partial charge in [0.2, 0.25) is 5.91 Å². The number of alkyl halides is 3. The van der Waals surface area contributed by atoms with Crippen molar-refractivity contribution in [1.29, 1.82) is 0 Å². The first-order valence-electron chi connectivity index (χ1n) is 13.8. The summed E-state index contributed by atoms with van der Waals surface area (Å²) in [5.41, 5.74) is 4.30. The molecule has 2 unspecified atom stereocenters. The number of aromatic amines is 2. The van der Waals surface area contributed by atoms with Gasteiger partial charge >= 0.3 is 12.1 Å². The summed E-state index contributed by atoms with van der Waals surface area (Å²) in [6.45, 7) is 3.41. The van der Waals surface area contributed by atoms with E-state index in [1.165, 1.54) is 0 Å². The van der Waals surface area contributed by atoms with Gasteiger partial charge in [0.1, 0.15) is 11.7 Å². The van der Waals surface area contributed by atoms with Crippen molar-refractivity contribution in [2.45, 2.75) is 31.5 Å². The molecule has 9 nitrogen and oxygen atoms in total. The Balaban J connectivity index is 0.000000566. The highest BCUT2D eigenvalue weighted by Crippen LogP contribution is 2.35. The highest BCUT2D eigenvalue weighted by Gasteiger charge is 2.39. The normalized spacial score (nSPS) is 16.1. The Morgan fingerprint density at radius 3 is 2.45 bits per heavy atom. The zero-order chi connectivity index (χ0) is 32.2. The molecule has 5 rings (SSSR count). The number of carboxylic acid groups (broad SMARTS) is 1. The molecule has 0 saturated heterocycles. The second-order valence-corrected chi connectivity index (χ2v) is 11.4. The van der Waals surface area contributed by atoms with Gasteiger partial charge in [-0.1, -0.05) is 36.7 Å². The predicted octanol–water partition coefficient (Wildman–Crippen LogP) is 5.45. The highest BCUT2D eigenvalue weighted by molar-refractivity contribution is 6.30. The van der Waals surface area contributed by atoms with E-state index in [1.807, 2.05) is 74.6 Å². The van der Waals surface area contributed by atoms with Crippen LogP contribution in [0.15, 0.2) is 67.0 Å². The number of hydrogen-bond acceptors (Lipinski definition) is 4. The molecule has 0 aliphatic carbocycles. The maximum Gasteiger partial charge on any atom is 0.490 e. The molecule has 234 valence electrons. The summed E-state index contributed by atoms with van der Waals surface area (Å²) in [6, 6.07) is 16.4. The Morgan fingerprint density at radius 2 is 1.82 bits per heavy atom. The van der Waals surface area contributed by atoms with Crippen LogP contribution in [0.4, 0.5) is 18.9 Å². The third-order valence-electron chi connectivity index (χ3n) is 7.42. The van der Waals surface area contributed by atoms with Crippen molar-refractivity contribution in [2.24, 2.45) is 5.92 Å². The molecule has 13 heteroatoms. The van der Waals surface area contributed by atoms with Crippen molar-refractivity contribution in [2.75, 3.05) is 32.1 Å². The smallest absolute Gasteiger partial charge is 0.475 e. The number of amides is 2. The topological polar surface area (TPSA) is 122 Å². The number of hydrogen-bond donors (Lipinski definition) is 4. The Bertz CT molecular complexity index is 1620. The van der Waals surface area contributed by atoms with E-state index in [0.717, 1.165) is 40.7 Å². The molecule has 0 radical (unpaired) electrons. The zero-order valence-electron chi connectivity index (χ0n) is 24.3. The van der Waals surface area contributed by atoms with Gasteiger partial charge in [-0.3, -0.25) is 9.59 Å². The van der Waals surface area contributed by atoms with E-state index in [0.29, 0.717) is 17.3 Å². The maximum atomic E-state index is 14.4. The van der Waals surface area contributed by atoms with Crippen molar-refractivity contribution in [3.63, 3.8) is 0 Å². The molecular formula is C31H33ClF3N5O4. The molecule has 0 spiro atoms. The zero-order valence-corrected chi connectivity index (χ0v) is 25.0. The van der Waals surface area contributed by atoms with Crippen molar-refractivity contribution >= 4 is 46.0 Å². The SMILES string of the molecule is CC(c1c[nH]c2ccccc12)C(NC(=O)c1ccc[nH]1)C(=O)N1C[C@@H](CN(C)C)Cc2cc(Cl)ccc21.O=C(O)C(F)(F)F. The summed E-state index contributed by atoms with van der Waals surface area (Å²) >= 11 is 6.34. The maximum absolute atomic E-state index is 14.4. The second kappa shape index (κ2) is 13.6. The number of fused-ring (bicyclic) bond motifs is 2. The van der Waals surface area contributed by atoms with Gasteiger partial charge in [-0.25, -0.2) is 4.79 Å². The first-order chi connectivity index (χ1) is 20.8. The van der Waals surface area contributed by atoms with E-state index in [1.54, 1.807) is 18.3 Å². The van der Waals surface area contributed by atoms with Crippen molar-refractivity contribution in [1.82, 2.24) is 20.2 Å². The summed E-state index contributed by atoms with van der Waals surface area (Å²) < 4.78 is 31.7. The molecule has 3 heterocycles. The van der Waals surface area contributed by atoms with Gasteiger partial charge in [0.25, 0.3) is 5.91 Å². The number of rotatable bonds is 7. The molecule has 2 aromatic heterocycles. The summed E-state index contributed by atoms with van der Waals surface area (Å²) in [6.07, 6.45) is -0.601. The van der Waals surface area contributed by atoms with E-state index >= 15 is 0 Å². The monoisotopic (exact) mass is 631 g/mol. The molecule has 2 aromatic carbocycles. The van der Waals surface area contributed by atoms with E-state index in [2.05, 4.69) is 20.2 Å². The number of aliphatic carboxylic acids is 1. The van der Waals surface area contributed by atoms with Crippen LogP contribution in [0.25, 0.3) is 10.9 Å². The quantitative estimate of drug-likeness (QED) is 0.216. The lowest BCUT2D eigenvalue weighted by atomic mass is 9.88. The standard InChI is InChI=1S/C29H32ClN5O2.C2HF3O2/c1-18(23-15-32-24-8-5-4-7-22(23)24)27(33-28(36)25-9-6-12-31-25)29(37)35-17-19(16-34(2)3)13-20-14-21(30)10-11-26(20)35;3-2(4,5)1(6)7/h4-12,14-15,18-19,27,31-32H,13,16-17H2,1-3H3,(H,33,36);(H,6,7)/t18?,19-,27?;/m1./s1. The minimum absolute atomic E-state index is 0.135. The van der Waals surface area contributed by atoms with Crippen LogP contribution in [0.2, 0.25) is 5.02 Å². The minimum atomic E-state index is -5.08. The third-order valence-corrected chi connectivity index (χ3v) is 7.66. The summed E-state index contributed by atoms with van der Waals surface area (Å²) in [7, 11) is 4.08. The molecule has 4 aromatic rings. The fraction of sp³-hybridized carbons (Fsp3) is 0.323. The number of halogens is 4.